The van der Waals surface area contributed by atoms with Gasteiger partial charge < -0.3 is 0 Å². The van der Waals surface area contributed by atoms with Crippen LogP contribution in [0.3, 0.4) is 0 Å². The largest absolute Gasteiger partial charge is 0.274 e. The van der Waals surface area contributed by atoms with Gasteiger partial charge in [0.1, 0.15) is 0 Å². The van der Waals surface area contributed by atoms with Crippen molar-refractivity contribution in [2.45, 2.75) is 454 Å². The van der Waals surface area contributed by atoms with E-state index in [4.69, 9.17) is 0 Å². The summed E-state index contributed by atoms with van der Waals surface area (Å²) in [6.45, 7) is 23.5. The first-order valence-corrected chi connectivity index (χ1v) is 45.8. The number of unbranched alkanes of at least 4 members (excludes halogenated alkanes) is 36. The fourth-order valence-corrected chi connectivity index (χ4v) is 19.9. The number of benzene rings is 1. The molecule has 8 unspecified atom stereocenters. The molecule has 0 aliphatic heterocycles. The molecule has 6 nitrogen and oxygen atoms in total. The average Bonchev–Trinajstić information content (AvgIpc) is 1.58. The summed E-state index contributed by atoms with van der Waals surface area (Å²) in [7, 11) is 0. The van der Waals surface area contributed by atoms with Gasteiger partial charge in [-0.05, 0) is 161 Å². The van der Waals surface area contributed by atoms with Gasteiger partial charge in [0, 0.05) is 12.1 Å². The zero-order valence-electron chi connectivity index (χ0n) is 67.7. The molecular weight excluding hydrogens is 1230 g/mol. The van der Waals surface area contributed by atoms with Crippen LogP contribution in [0.4, 0.5) is 0 Å². The van der Waals surface area contributed by atoms with Gasteiger partial charge in [0.15, 0.2) is 0 Å². The summed E-state index contributed by atoms with van der Waals surface area (Å²) in [5.41, 5.74) is -1.49. The molecule has 0 amide bonds. The van der Waals surface area contributed by atoms with E-state index >= 15 is 0 Å². The molecule has 572 valence electrons. The lowest BCUT2D eigenvalue weighted by atomic mass is 9.62. The van der Waals surface area contributed by atoms with Gasteiger partial charge in [-0.25, -0.2) is 0 Å². The van der Waals surface area contributed by atoms with Gasteiger partial charge in [0.25, 0.3) is 22.2 Å². The van der Waals surface area contributed by atoms with Crippen LogP contribution in [0.1, 0.15) is 442 Å². The molecule has 2 fully saturated rings. The molecular formula is C92H164N2O4S. The first-order chi connectivity index (χ1) is 48.0. The highest BCUT2D eigenvalue weighted by Gasteiger charge is 2.38. The lowest BCUT2D eigenvalue weighted by Crippen LogP contribution is -2.41. The maximum Gasteiger partial charge on any atom is 0.262 e. The monoisotopic (exact) mass is 1390 g/mol. The molecule has 2 saturated carbocycles. The van der Waals surface area contributed by atoms with Crippen molar-refractivity contribution in [1.29, 1.82) is 0 Å². The van der Waals surface area contributed by atoms with E-state index in [-0.39, 0.29) is 43.8 Å². The van der Waals surface area contributed by atoms with E-state index < -0.39 is 5.54 Å². The Balaban J connectivity index is 1.07. The third-order valence-corrected chi connectivity index (χ3v) is 27.2. The molecule has 2 aliphatic rings. The highest BCUT2D eigenvalue weighted by Crippen LogP contribution is 2.49. The summed E-state index contributed by atoms with van der Waals surface area (Å²) in [6, 6.07) is 3.15. The highest BCUT2D eigenvalue weighted by atomic mass is 32.2. The van der Waals surface area contributed by atoms with E-state index in [1.54, 1.807) is 12.1 Å². The first kappa shape index (κ1) is 87.5. The van der Waals surface area contributed by atoms with Crippen LogP contribution in [0, 0.1) is 58.7 Å². The SMILES string of the molecule is CCCCCCCCC1C(CCCCCC)CC(CCCCCCCCC(C)(C)n2c(=O)c3cc4c(=O)n(CCCCCCCCC5CC(CCCCCC)C(CCCCCCCC)C(CCCCCCCCC(C)(C)C(C)C)C5)c(=O)c4cc3c2=O)CC1CCCCCCCCSC. The molecule has 0 radical (unpaired) electrons. The maximum atomic E-state index is 14.2. The molecule has 0 saturated heterocycles. The van der Waals surface area contributed by atoms with Crippen molar-refractivity contribution in [2.24, 2.45) is 58.7 Å². The van der Waals surface area contributed by atoms with Crippen LogP contribution in [0.15, 0.2) is 31.3 Å². The Labute approximate surface area is 616 Å². The van der Waals surface area contributed by atoms with E-state index in [1.807, 2.05) is 25.6 Å². The minimum absolute atomic E-state index is 0.278. The predicted octanol–water partition coefficient (Wildman–Crippen LogP) is 28.4. The Hall–Kier alpha value is -2.15. The van der Waals surface area contributed by atoms with Crippen LogP contribution < -0.4 is 22.2 Å². The van der Waals surface area contributed by atoms with Gasteiger partial charge >= 0.3 is 0 Å². The van der Waals surface area contributed by atoms with E-state index in [1.165, 1.54) is 349 Å². The second-order valence-corrected chi connectivity index (χ2v) is 36.6. The number of nitrogens with zero attached hydrogens (tertiary/aromatic N) is 2. The summed E-state index contributed by atoms with van der Waals surface area (Å²) < 4.78 is 2.82. The second kappa shape index (κ2) is 51.1. The van der Waals surface area contributed by atoms with Crippen molar-refractivity contribution in [3.05, 3.63) is 53.5 Å². The zero-order valence-corrected chi connectivity index (χ0v) is 68.5. The molecule has 2 aliphatic carbocycles. The number of aromatic nitrogens is 2. The first-order valence-electron chi connectivity index (χ1n) is 44.4. The van der Waals surface area contributed by atoms with E-state index in [0.29, 0.717) is 12.0 Å². The minimum atomic E-state index is -0.668. The van der Waals surface area contributed by atoms with Crippen LogP contribution in [0.25, 0.3) is 21.5 Å². The van der Waals surface area contributed by atoms with E-state index in [2.05, 4.69) is 61.6 Å². The van der Waals surface area contributed by atoms with Gasteiger partial charge in [0.2, 0.25) is 0 Å². The Bertz CT molecular complexity index is 2640. The highest BCUT2D eigenvalue weighted by molar-refractivity contribution is 7.98. The molecule has 7 heteroatoms. The van der Waals surface area contributed by atoms with Gasteiger partial charge in [-0.3, -0.25) is 28.3 Å². The quantitative estimate of drug-likeness (QED) is 0.0526. The molecule has 2 heterocycles. The Kier molecular flexibility index (Phi) is 45.2. The topological polar surface area (TPSA) is 78.1 Å². The number of thioether (sulfide) groups is 1. The van der Waals surface area contributed by atoms with E-state index in [0.717, 1.165) is 91.8 Å². The summed E-state index contributed by atoms with van der Waals surface area (Å²) >= 11 is 2.00. The van der Waals surface area contributed by atoms with Gasteiger partial charge in [-0.2, -0.15) is 11.8 Å². The number of hydrogen-bond donors (Lipinski definition) is 0. The number of rotatable bonds is 62. The average molecular weight is 1390 g/mol. The fourth-order valence-electron chi connectivity index (χ4n) is 19.4. The van der Waals surface area contributed by atoms with Crippen molar-refractivity contribution in [3.63, 3.8) is 0 Å². The normalized spacial score (nSPS) is 20.2. The standard InChI is InChI=1S/C92H164N2O4S/c1-12-16-20-24-38-50-62-81-78(59-47-23-19-15-4)69-76(71-79(81)60-48-36-27-30-40-52-64-91(7,8)74(5)6)57-45-35-28-32-42-54-66-93-87(95)83-72-85-86(73-84(83)88(93)96)90(98)94(89(85)97)92(9,10)65-53-41-31-26-34-44-56-75-68-77(58-46-22-18-14-3)82(63-51-39-25-21-17-13-2)80(70-75)61-49-37-29-33-43-55-67-99-11/h72-82H,12-71H2,1-11H3. The lowest BCUT2D eigenvalue weighted by Gasteiger charge is -2.43. The second-order valence-electron chi connectivity index (χ2n) is 35.6. The molecule has 3 aromatic rings. The summed E-state index contributed by atoms with van der Waals surface area (Å²) in [4.78, 5) is 56.2. The van der Waals surface area contributed by atoms with Crippen molar-refractivity contribution in [3.8, 4) is 0 Å². The van der Waals surface area contributed by atoms with Crippen molar-refractivity contribution < 1.29 is 0 Å². The molecule has 8 atom stereocenters. The Morgan fingerprint density at radius 1 is 0.354 bits per heavy atom. The molecule has 0 spiro atoms. The zero-order chi connectivity index (χ0) is 71.5. The Morgan fingerprint density at radius 3 is 0.990 bits per heavy atom. The lowest BCUT2D eigenvalue weighted by molar-refractivity contribution is 0.0741. The maximum absolute atomic E-state index is 14.2. The van der Waals surface area contributed by atoms with Crippen molar-refractivity contribution >= 4 is 33.3 Å². The third-order valence-electron chi connectivity index (χ3n) is 26.5. The van der Waals surface area contributed by atoms with Crippen LogP contribution in [0.5, 0.6) is 0 Å². The van der Waals surface area contributed by atoms with Crippen molar-refractivity contribution in [1.82, 2.24) is 9.13 Å². The molecule has 1 aromatic carbocycles. The van der Waals surface area contributed by atoms with Crippen LogP contribution in [0.2, 0.25) is 0 Å². The smallest absolute Gasteiger partial charge is 0.262 e. The van der Waals surface area contributed by atoms with Crippen LogP contribution >= 0.6 is 11.8 Å². The van der Waals surface area contributed by atoms with E-state index in [9.17, 15) is 19.2 Å². The summed E-state index contributed by atoms with van der Waals surface area (Å²) in [5.74, 6) is 9.48. The Morgan fingerprint density at radius 2 is 0.636 bits per heavy atom. The van der Waals surface area contributed by atoms with Gasteiger partial charge in [0.05, 0.1) is 21.5 Å². The number of fused-ring (bicyclic) bond motifs is 2. The third kappa shape index (κ3) is 31.8. The predicted molar refractivity (Wildman–Crippen MR) is 440 cm³/mol. The van der Waals surface area contributed by atoms with Crippen LogP contribution in [-0.4, -0.2) is 21.1 Å². The molecule has 5 rings (SSSR count). The molecule has 0 N–H and O–H groups in total. The molecule has 2 aromatic heterocycles. The van der Waals surface area contributed by atoms with Gasteiger partial charge in [-0.1, -0.05) is 364 Å². The number of hydrogen-bond acceptors (Lipinski definition) is 5. The summed E-state index contributed by atoms with van der Waals surface area (Å²) in [5, 5.41) is 1.12. The van der Waals surface area contributed by atoms with Crippen molar-refractivity contribution in [2.75, 3.05) is 12.0 Å². The molecule has 99 heavy (non-hydrogen) atoms. The molecule has 0 bridgehead atoms. The van der Waals surface area contributed by atoms with Gasteiger partial charge in [-0.15, -0.1) is 0 Å². The fraction of sp³-hybridized carbons (Fsp3) is 0.891. The minimum Gasteiger partial charge on any atom is -0.274 e. The van der Waals surface area contributed by atoms with Crippen LogP contribution in [-0.2, 0) is 12.1 Å². The summed E-state index contributed by atoms with van der Waals surface area (Å²) in [6.07, 6.45) is 80.8.